The maximum absolute atomic E-state index is 12.3. The minimum atomic E-state index is -0.0668. The number of anilines is 1. The van der Waals surface area contributed by atoms with Gasteiger partial charge in [0, 0.05) is 36.3 Å². The van der Waals surface area contributed by atoms with Crippen molar-refractivity contribution in [2.75, 3.05) is 19.0 Å². The lowest BCUT2D eigenvalue weighted by atomic mass is 9.95. The largest absolute Gasteiger partial charge is 0.373 e. The lowest BCUT2D eigenvalue weighted by Gasteiger charge is -2.21. The predicted molar refractivity (Wildman–Crippen MR) is 94.8 cm³/mol. The van der Waals surface area contributed by atoms with E-state index in [-0.39, 0.29) is 5.56 Å². The Bertz CT molecular complexity index is 731. The molecule has 2 rings (SSSR count). The molecule has 2 aromatic rings. The van der Waals surface area contributed by atoms with Gasteiger partial charge in [-0.25, -0.2) is 0 Å². The monoisotopic (exact) mass is 338 g/mol. The number of halogens is 2. The lowest BCUT2D eigenvalue weighted by Crippen LogP contribution is -2.25. The van der Waals surface area contributed by atoms with Gasteiger partial charge in [-0.1, -0.05) is 30.1 Å². The van der Waals surface area contributed by atoms with Crippen LogP contribution in [0.5, 0.6) is 0 Å². The zero-order valence-corrected chi connectivity index (χ0v) is 14.8. The molecule has 0 radical (unpaired) electrons. The summed E-state index contributed by atoms with van der Waals surface area (Å²) in [4.78, 5) is 17.1. The van der Waals surface area contributed by atoms with E-state index in [1.807, 2.05) is 38.1 Å². The fourth-order valence-electron chi connectivity index (χ4n) is 2.87. The fraction of sp³-hybridized carbons (Fsp3) is 0.353. The van der Waals surface area contributed by atoms with Crippen LogP contribution in [0.3, 0.4) is 0 Å². The van der Waals surface area contributed by atoms with Crippen molar-refractivity contribution in [3.8, 4) is 0 Å². The first-order valence-corrected chi connectivity index (χ1v) is 7.96. The van der Waals surface area contributed by atoms with Crippen LogP contribution < -0.4 is 10.5 Å². The molecule has 1 aromatic heterocycles. The topological polar surface area (TPSA) is 36.1 Å². The van der Waals surface area contributed by atoms with Gasteiger partial charge in [-0.05, 0) is 48.2 Å². The molecule has 118 valence electrons. The van der Waals surface area contributed by atoms with Crippen molar-refractivity contribution in [3.05, 3.63) is 61.0 Å². The minimum absolute atomic E-state index is 0.0668. The lowest BCUT2D eigenvalue weighted by molar-refractivity contribution is 0.947. The van der Waals surface area contributed by atoms with Gasteiger partial charge in [-0.15, -0.1) is 0 Å². The Labute approximate surface area is 140 Å². The van der Waals surface area contributed by atoms with Crippen LogP contribution in [0.4, 0.5) is 5.69 Å². The molecular formula is C17H20Cl2N2O. The average molecular weight is 339 g/mol. The number of pyridine rings is 1. The second-order valence-corrected chi connectivity index (χ2v) is 6.46. The van der Waals surface area contributed by atoms with E-state index in [2.05, 4.69) is 11.9 Å². The van der Waals surface area contributed by atoms with Gasteiger partial charge in [0.15, 0.2) is 0 Å². The molecule has 1 heterocycles. The smallest absolute Gasteiger partial charge is 0.271 e. The van der Waals surface area contributed by atoms with Crippen molar-refractivity contribution in [1.82, 2.24) is 4.98 Å². The Morgan fingerprint density at radius 1 is 1.09 bits per heavy atom. The molecule has 0 unspecified atom stereocenters. The quantitative estimate of drug-likeness (QED) is 0.906. The first-order valence-electron chi connectivity index (χ1n) is 7.20. The molecule has 0 aliphatic carbocycles. The summed E-state index contributed by atoms with van der Waals surface area (Å²) < 4.78 is 0. The summed E-state index contributed by atoms with van der Waals surface area (Å²) in [6.07, 6.45) is 1.48. The van der Waals surface area contributed by atoms with E-state index < -0.39 is 0 Å². The van der Waals surface area contributed by atoms with Crippen molar-refractivity contribution in [2.24, 2.45) is 0 Å². The molecule has 0 amide bonds. The number of aromatic nitrogens is 1. The number of aryl methyl sites for hydroxylation is 1. The van der Waals surface area contributed by atoms with Gasteiger partial charge in [0.25, 0.3) is 5.56 Å². The van der Waals surface area contributed by atoms with Crippen molar-refractivity contribution in [2.45, 2.75) is 26.7 Å². The highest BCUT2D eigenvalue weighted by molar-refractivity contribution is 6.34. The van der Waals surface area contributed by atoms with Crippen LogP contribution in [-0.4, -0.2) is 19.1 Å². The molecule has 0 fully saturated rings. The molecule has 0 spiro atoms. The molecule has 1 aromatic carbocycles. The zero-order valence-electron chi connectivity index (χ0n) is 13.3. The molecule has 0 aliphatic heterocycles. The number of nitrogens with one attached hydrogen (secondary N) is 1. The standard InChI is InChI=1S/C17H20Cl2N2O/c1-5-14-10(2)20-17(22)16(21(3)4)15(14)8-11-6-12(18)9-13(19)7-11/h6-7,9H,5,8H2,1-4H3,(H,20,22). The highest BCUT2D eigenvalue weighted by Crippen LogP contribution is 2.27. The first-order chi connectivity index (χ1) is 10.3. The Balaban J connectivity index is 2.64. The van der Waals surface area contributed by atoms with Crippen molar-refractivity contribution >= 4 is 28.9 Å². The van der Waals surface area contributed by atoms with E-state index >= 15 is 0 Å². The number of aromatic amines is 1. The molecule has 0 saturated carbocycles. The summed E-state index contributed by atoms with van der Waals surface area (Å²) in [5, 5.41) is 1.21. The molecule has 5 heteroatoms. The second kappa shape index (κ2) is 6.76. The van der Waals surface area contributed by atoms with E-state index in [9.17, 15) is 4.79 Å². The number of H-pyrrole nitrogens is 1. The van der Waals surface area contributed by atoms with Crippen LogP contribution in [0.15, 0.2) is 23.0 Å². The van der Waals surface area contributed by atoms with E-state index in [1.54, 1.807) is 6.07 Å². The van der Waals surface area contributed by atoms with E-state index in [1.165, 1.54) is 5.56 Å². The van der Waals surface area contributed by atoms with Crippen molar-refractivity contribution in [1.29, 1.82) is 0 Å². The fourth-order valence-corrected chi connectivity index (χ4v) is 3.44. The van der Waals surface area contributed by atoms with Crippen molar-refractivity contribution in [3.63, 3.8) is 0 Å². The number of hydrogen-bond donors (Lipinski definition) is 1. The normalized spacial score (nSPS) is 10.8. The third-order valence-corrected chi connectivity index (χ3v) is 4.16. The van der Waals surface area contributed by atoms with Gasteiger partial charge in [0.05, 0.1) is 0 Å². The van der Waals surface area contributed by atoms with Gasteiger partial charge in [-0.3, -0.25) is 4.79 Å². The Morgan fingerprint density at radius 3 is 2.18 bits per heavy atom. The third kappa shape index (κ3) is 3.47. The van der Waals surface area contributed by atoms with Gasteiger partial charge in [0.2, 0.25) is 0 Å². The molecule has 22 heavy (non-hydrogen) atoms. The maximum atomic E-state index is 12.3. The third-order valence-electron chi connectivity index (χ3n) is 3.72. The molecular weight excluding hydrogens is 319 g/mol. The van der Waals surface area contributed by atoms with Gasteiger partial charge >= 0.3 is 0 Å². The molecule has 0 saturated heterocycles. The highest BCUT2D eigenvalue weighted by Gasteiger charge is 2.17. The van der Waals surface area contributed by atoms with E-state index in [4.69, 9.17) is 23.2 Å². The van der Waals surface area contributed by atoms with Crippen LogP contribution in [0.25, 0.3) is 0 Å². The molecule has 0 atom stereocenters. The van der Waals surface area contributed by atoms with E-state index in [0.717, 1.165) is 23.2 Å². The molecule has 1 N–H and O–H groups in total. The average Bonchev–Trinajstić information content (AvgIpc) is 2.36. The Morgan fingerprint density at radius 2 is 1.68 bits per heavy atom. The Hall–Kier alpha value is -1.45. The number of hydrogen-bond acceptors (Lipinski definition) is 2. The van der Waals surface area contributed by atoms with Crippen LogP contribution in [0.2, 0.25) is 10.0 Å². The van der Waals surface area contributed by atoms with Gasteiger partial charge in [-0.2, -0.15) is 0 Å². The summed E-state index contributed by atoms with van der Waals surface area (Å²) in [7, 11) is 3.77. The van der Waals surface area contributed by atoms with Crippen molar-refractivity contribution < 1.29 is 0 Å². The SMILES string of the molecule is CCc1c(C)[nH]c(=O)c(N(C)C)c1Cc1cc(Cl)cc(Cl)c1. The highest BCUT2D eigenvalue weighted by atomic mass is 35.5. The summed E-state index contributed by atoms with van der Waals surface area (Å²) in [6, 6.07) is 5.49. The van der Waals surface area contributed by atoms with Crippen LogP contribution in [0.1, 0.15) is 29.3 Å². The Kier molecular flexibility index (Phi) is 5.20. The van der Waals surface area contributed by atoms with E-state index in [0.29, 0.717) is 22.2 Å². The number of nitrogens with zero attached hydrogens (tertiary/aromatic N) is 1. The first kappa shape index (κ1) is 16.9. The summed E-state index contributed by atoms with van der Waals surface area (Å²) in [5.41, 5.74) is 4.74. The second-order valence-electron chi connectivity index (χ2n) is 5.59. The summed E-state index contributed by atoms with van der Waals surface area (Å²) >= 11 is 12.2. The summed E-state index contributed by atoms with van der Waals surface area (Å²) in [6.45, 7) is 4.03. The number of benzene rings is 1. The zero-order chi connectivity index (χ0) is 16.4. The van der Waals surface area contributed by atoms with Gasteiger partial charge < -0.3 is 9.88 Å². The molecule has 0 bridgehead atoms. The maximum Gasteiger partial charge on any atom is 0.271 e. The summed E-state index contributed by atoms with van der Waals surface area (Å²) in [5.74, 6) is 0. The van der Waals surface area contributed by atoms with Crippen LogP contribution in [-0.2, 0) is 12.8 Å². The molecule has 0 aliphatic rings. The van der Waals surface area contributed by atoms with Gasteiger partial charge in [0.1, 0.15) is 5.69 Å². The van der Waals surface area contributed by atoms with Crippen LogP contribution >= 0.6 is 23.2 Å². The van der Waals surface area contributed by atoms with Crippen LogP contribution in [0, 0.1) is 6.92 Å². The number of rotatable bonds is 4. The molecule has 3 nitrogen and oxygen atoms in total. The minimum Gasteiger partial charge on any atom is -0.373 e. The predicted octanol–water partition coefficient (Wildman–Crippen LogP) is 4.21.